The largest absolute Gasteiger partial charge is 0.469 e. The fourth-order valence-electron chi connectivity index (χ4n) is 1.46. The SMILES string of the molecule is N.NC(=O)C(O)C(O)C(O)C(O)CO.O=C(CO)C(O)C(O)C(O)COP(=O)(O)O. The van der Waals surface area contributed by atoms with E-state index < -0.39 is 82.1 Å². The molecule has 16 N–H and O–H groups in total. The first-order valence-electron chi connectivity index (χ1n) is 7.60. The van der Waals surface area contributed by atoms with Gasteiger partial charge in [-0.2, -0.15) is 0 Å². The standard InChI is InChI=1S/C6H13NO6.C6H13O9P.H3N/c7-6(13)5(12)4(11)3(10)2(9)1-8;7-1-3(8)5(10)6(11)4(9)2-15-16(12,13)14;/h2-5,8-12H,1H2,(H2,7,13);4-7,9-11H,1-2H2,(H2,12,13,14);1H3. The van der Waals surface area contributed by atoms with Crippen molar-refractivity contribution in [1.82, 2.24) is 6.15 Å². The minimum atomic E-state index is -4.81. The second kappa shape index (κ2) is 15.6. The van der Waals surface area contributed by atoms with Crippen molar-refractivity contribution in [3.05, 3.63) is 0 Å². The Morgan fingerprint density at radius 1 is 0.833 bits per heavy atom. The second-order valence-corrected chi connectivity index (χ2v) is 6.73. The first-order valence-corrected chi connectivity index (χ1v) is 9.13. The minimum absolute atomic E-state index is 0. The number of hydrogen-bond acceptors (Lipinski definition) is 14. The average molecular weight is 472 g/mol. The van der Waals surface area contributed by atoms with E-state index in [1.54, 1.807) is 0 Å². The van der Waals surface area contributed by atoms with Crippen LogP contribution in [-0.4, -0.2) is 130 Å². The molecule has 7 unspecified atom stereocenters. The Labute approximate surface area is 169 Å². The van der Waals surface area contributed by atoms with Crippen LogP contribution in [0.5, 0.6) is 0 Å². The van der Waals surface area contributed by atoms with E-state index in [0.29, 0.717) is 0 Å². The van der Waals surface area contributed by atoms with Crippen molar-refractivity contribution in [3.63, 3.8) is 0 Å². The molecule has 0 aromatic carbocycles. The van der Waals surface area contributed by atoms with Gasteiger partial charge in [0.1, 0.15) is 43.2 Å². The van der Waals surface area contributed by atoms with Crippen LogP contribution in [0.2, 0.25) is 0 Å². The summed E-state index contributed by atoms with van der Waals surface area (Å²) in [4.78, 5) is 37.5. The number of carbonyl (C=O) groups excluding carboxylic acids is 2. The smallest absolute Gasteiger partial charge is 0.394 e. The lowest BCUT2D eigenvalue weighted by Gasteiger charge is -2.23. The van der Waals surface area contributed by atoms with Crippen LogP contribution in [0.25, 0.3) is 0 Å². The number of carbonyl (C=O) groups is 2. The van der Waals surface area contributed by atoms with Gasteiger partial charge in [-0.15, -0.1) is 0 Å². The van der Waals surface area contributed by atoms with Crippen LogP contribution in [0, 0.1) is 0 Å². The van der Waals surface area contributed by atoms with E-state index in [2.05, 4.69) is 10.3 Å². The van der Waals surface area contributed by atoms with E-state index in [1.165, 1.54) is 0 Å². The van der Waals surface area contributed by atoms with Gasteiger partial charge in [0.15, 0.2) is 11.9 Å². The predicted octanol–water partition coefficient (Wildman–Crippen LogP) is -7.19. The number of hydrogen-bond donors (Lipinski definition) is 13. The third kappa shape index (κ3) is 13.2. The molecule has 0 saturated heterocycles. The molecule has 0 aromatic heterocycles. The van der Waals surface area contributed by atoms with Gasteiger partial charge in [0.2, 0.25) is 5.91 Å². The van der Waals surface area contributed by atoms with Crippen molar-refractivity contribution < 1.29 is 74.4 Å². The van der Waals surface area contributed by atoms with Gasteiger partial charge in [-0.05, 0) is 0 Å². The normalized spacial score (nSPS) is 18.4. The van der Waals surface area contributed by atoms with Gasteiger partial charge in [-0.25, -0.2) is 4.57 Å². The number of phosphoric ester groups is 1. The number of ketones is 1. The summed E-state index contributed by atoms with van der Waals surface area (Å²) in [5, 5.41) is 79.5. The summed E-state index contributed by atoms with van der Waals surface area (Å²) in [6, 6.07) is 0. The van der Waals surface area contributed by atoms with Crippen molar-refractivity contribution in [2.45, 2.75) is 42.7 Å². The summed E-state index contributed by atoms with van der Waals surface area (Å²) >= 11 is 0. The Balaban J connectivity index is -0.000000480. The number of Topliss-reactive ketones (excluding diaryl/α,β-unsaturated/α-hetero) is 1. The maximum Gasteiger partial charge on any atom is 0.469 e. The third-order valence-corrected chi connectivity index (χ3v) is 3.65. The molecule has 18 heteroatoms. The summed E-state index contributed by atoms with van der Waals surface area (Å²) < 4.78 is 14.1. The fraction of sp³-hybridized carbons (Fsp3) is 0.833. The van der Waals surface area contributed by atoms with Crippen LogP contribution in [-0.2, 0) is 18.7 Å². The van der Waals surface area contributed by atoms with E-state index in [1.807, 2.05) is 0 Å². The average Bonchev–Trinajstić information content (AvgIpc) is 2.67. The molecule has 0 heterocycles. The van der Waals surface area contributed by atoms with Crippen molar-refractivity contribution >= 4 is 19.5 Å². The molecular formula is C12H29N2O15P. The molecule has 182 valence electrons. The molecule has 1 amide bonds. The van der Waals surface area contributed by atoms with Gasteiger partial charge in [-0.3, -0.25) is 14.1 Å². The fourth-order valence-corrected chi connectivity index (χ4v) is 1.80. The second-order valence-electron chi connectivity index (χ2n) is 5.49. The van der Waals surface area contributed by atoms with Crippen LogP contribution in [0.3, 0.4) is 0 Å². The molecule has 17 nitrogen and oxygen atoms in total. The number of primary amides is 1. The van der Waals surface area contributed by atoms with Gasteiger partial charge in [0.05, 0.1) is 13.2 Å². The quantitative estimate of drug-likeness (QED) is 0.117. The molecule has 0 saturated carbocycles. The summed E-state index contributed by atoms with van der Waals surface area (Å²) in [5.74, 6) is -2.36. The molecule has 0 radical (unpaired) electrons. The lowest BCUT2D eigenvalue weighted by Crippen LogP contribution is -2.50. The van der Waals surface area contributed by atoms with Gasteiger partial charge >= 0.3 is 7.82 Å². The molecule has 0 aromatic rings. The zero-order valence-electron chi connectivity index (χ0n) is 15.4. The molecule has 7 atom stereocenters. The molecule has 0 aliphatic heterocycles. The number of aliphatic hydroxyl groups excluding tert-OH is 9. The van der Waals surface area contributed by atoms with E-state index in [0.717, 1.165) is 0 Å². The van der Waals surface area contributed by atoms with Crippen LogP contribution in [0.4, 0.5) is 0 Å². The number of aliphatic hydroxyl groups is 9. The lowest BCUT2D eigenvalue weighted by molar-refractivity contribution is -0.146. The van der Waals surface area contributed by atoms with E-state index in [9.17, 15) is 14.2 Å². The van der Waals surface area contributed by atoms with Crippen LogP contribution >= 0.6 is 7.82 Å². The highest BCUT2D eigenvalue weighted by Gasteiger charge is 2.33. The maximum absolute atomic E-state index is 10.7. The third-order valence-electron chi connectivity index (χ3n) is 3.16. The Morgan fingerprint density at radius 2 is 1.30 bits per heavy atom. The maximum atomic E-state index is 10.7. The van der Waals surface area contributed by atoms with E-state index in [-0.39, 0.29) is 6.15 Å². The zero-order valence-corrected chi connectivity index (χ0v) is 16.3. The molecule has 0 fully saturated rings. The molecule has 30 heavy (non-hydrogen) atoms. The Bertz CT molecular complexity index is 546. The highest BCUT2D eigenvalue weighted by atomic mass is 31.2. The highest BCUT2D eigenvalue weighted by molar-refractivity contribution is 7.46. The number of phosphoric acid groups is 1. The van der Waals surface area contributed by atoms with E-state index in [4.69, 9.17) is 55.7 Å². The lowest BCUT2D eigenvalue weighted by atomic mass is 10.0. The molecule has 0 spiro atoms. The summed E-state index contributed by atoms with van der Waals surface area (Å²) in [7, 11) is -4.81. The zero-order chi connectivity index (χ0) is 23.5. The van der Waals surface area contributed by atoms with Gasteiger partial charge in [0, 0.05) is 0 Å². The first-order chi connectivity index (χ1) is 13.1. The number of rotatable bonds is 12. The molecule has 0 aliphatic rings. The Morgan fingerprint density at radius 3 is 1.63 bits per heavy atom. The van der Waals surface area contributed by atoms with Crippen molar-refractivity contribution in [2.24, 2.45) is 5.73 Å². The van der Waals surface area contributed by atoms with Gasteiger partial charge < -0.3 is 67.6 Å². The van der Waals surface area contributed by atoms with Crippen LogP contribution < -0.4 is 11.9 Å². The molecule has 0 aliphatic carbocycles. The minimum Gasteiger partial charge on any atom is -0.394 e. The highest BCUT2D eigenvalue weighted by Crippen LogP contribution is 2.35. The molecular weight excluding hydrogens is 443 g/mol. The van der Waals surface area contributed by atoms with Gasteiger partial charge in [-0.1, -0.05) is 0 Å². The Hall–Kier alpha value is -1.15. The van der Waals surface area contributed by atoms with Crippen molar-refractivity contribution in [2.75, 3.05) is 19.8 Å². The number of nitrogens with two attached hydrogens (primary N) is 1. The molecule has 0 bridgehead atoms. The first kappa shape index (κ1) is 33.5. The Kier molecular flexibility index (Phi) is 17.4. The number of amides is 1. The van der Waals surface area contributed by atoms with Crippen LogP contribution in [0.1, 0.15) is 0 Å². The van der Waals surface area contributed by atoms with Crippen molar-refractivity contribution in [1.29, 1.82) is 0 Å². The van der Waals surface area contributed by atoms with E-state index >= 15 is 0 Å². The summed E-state index contributed by atoms with van der Waals surface area (Å²) in [6.45, 7) is -2.81. The molecule has 0 rings (SSSR count). The monoisotopic (exact) mass is 472 g/mol. The summed E-state index contributed by atoms with van der Waals surface area (Å²) in [5.41, 5.74) is 4.61. The van der Waals surface area contributed by atoms with Crippen molar-refractivity contribution in [3.8, 4) is 0 Å². The van der Waals surface area contributed by atoms with Gasteiger partial charge in [0.25, 0.3) is 0 Å². The summed E-state index contributed by atoms with van der Waals surface area (Å²) in [6.07, 6.45) is -13.3. The van der Waals surface area contributed by atoms with Crippen LogP contribution in [0.15, 0.2) is 0 Å². The topological polar surface area (TPSA) is 344 Å². The predicted molar refractivity (Wildman–Crippen MR) is 93.4 cm³/mol.